The molecule has 1 N–H and O–H groups in total. The van der Waals surface area contributed by atoms with Gasteiger partial charge in [0.05, 0.1) is 12.3 Å². The molecule has 1 aromatic carbocycles. The minimum atomic E-state index is -0.128. The number of carbonyl (C=O) groups is 2. The van der Waals surface area contributed by atoms with E-state index in [1.165, 1.54) is 11.8 Å². The van der Waals surface area contributed by atoms with E-state index in [0.29, 0.717) is 17.3 Å². The molecule has 0 fully saturated rings. The van der Waals surface area contributed by atoms with Crippen LogP contribution in [0, 0.1) is 0 Å². The van der Waals surface area contributed by atoms with E-state index in [2.05, 4.69) is 5.32 Å². The Morgan fingerprint density at radius 2 is 1.90 bits per heavy atom. The largest absolute Gasteiger partial charge is 0.352 e. The third-order valence-electron chi connectivity index (χ3n) is 2.69. The number of hydrogen-bond acceptors (Lipinski definition) is 3. The number of halogens is 1. The number of rotatable bonds is 7. The fraction of sp³-hybridized carbons (Fsp3) is 0.467. The van der Waals surface area contributed by atoms with Gasteiger partial charge in [-0.2, -0.15) is 0 Å². The van der Waals surface area contributed by atoms with Gasteiger partial charge in [0.2, 0.25) is 11.8 Å². The van der Waals surface area contributed by atoms with Gasteiger partial charge in [-0.1, -0.05) is 11.6 Å². The zero-order chi connectivity index (χ0) is 15.8. The smallest absolute Gasteiger partial charge is 0.239 e. The predicted octanol–water partition coefficient (Wildman–Crippen LogP) is 2.81. The van der Waals surface area contributed by atoms with E-state index >= 15 is 0 Å². The number of amides is 2. The molecule has 0 saturated carbocycles. The molecule has 0 atom stereocenters. The number of nitrogens with one attached hydrogen (secondary N) is 1. The lowest BCUT2D eigenvalue weighted by atomic mass is 10.3. The highest BCUT2D eigenvalue weighted by molar-refractivity contribution is 8.00. The van der Waals surface area contributed by atoms with Crippen LogP contribution in [-0.4, -0.2) is 41.6 Å². The lowest BCUT2D eigenvalue weighted by Gasteiger charge is -2.21. The average Bonchev–Trinajstić information content (AvgIpc) is 2.43. The lowest BCUT2D eigenvalue weighted by Crippen LogP contribution is -2.43. The van der Waals surface area contributed by atoms with Crippen molar-refractivity contribution in [2.24, 2.45) is 0 Å². The Labute approximate surface area is 135 Å². The lowest BCUT2D eigenvalue weighted by molar-refractivity contribution is -0.134. The summed E-state index contributed by atoms with van der Waals surface area (Å²) in [6, 6.07) is 7.42. The first-order valence-corrected chi connectivity index (χ1v) is 8.24. The van der Waals surface area contributed by atoms with Gasteiger partial charge in [-0.05, 0) is 45.0 Å². The maximum atomic E-state index is 12.1. The predicted molar refractivity (Wildman–Crippen MR) is 87.7 cm³/mol. The van der Waals surface area contributed by atoms with Crippen LogP contribution in [0.4, 0.5) is 0 Å². The number of nitrogens with zero attached hydrogens (tertiary/aromatic N) is 1. The Bertz CT molecular complexity index is 477. The minimum absolute atomic E-state index is 0.0450. The van der Waals surface area contributed by atoms with Gasteiger partial charge >= 0.3 is 0 Å². The molecule has 0 radical (unpaired) electrons. The van der Waals surface area contributed by atoms with Crippen LogP contribution in [0.15, 0.2) is 29.2 Å². The quantitative estimate of drug-likeness (QED) is 0.783. The monoisotopic (exact) mass is 328 g/mol. The molecule has 2 amide bonds. The van der Waals surface area contributed by atoms with Gasteiger partial charge in [0.1, 0.15) is 0 Å². The highest BCUT2D eigenvalue weighted by Gasteiger charge is 2.16. The molecule has 4 nitrogen and oxygen atoms in total. The third kappa shape index (κ3) is 6.87. The van der Waals surface area contributed by atoms with E-state index < -0.39 is 0 Å². The molecule has 21 heavy (non-hydrogen) atoms. The molecular formula is C15H21ClN2O2S. The fourth-order valence-corrected chi connectivity index (χ4v) is 2.61. The zero-order valence-corrected chi connectivity index (χ0v) is 14.1. The van der Waals surface area contributed by atoms with Crippen LogP contribution < -0.4 is 5.32 Å². The Kier molecular flexibility index (Phi) is 7.61. The van der Waals surface area contributed by atoms with Gasteiger partial charge in [0.25, 0.3) is 0 Å². The maximum absolute atomic E-state index is 12.1. The summed E-state index contributed by atoms with van der Waals surface area (Å²) in [6.45, 7) is 6.28. The van der Waals surface area contributed by atoms with Crippen molar-refractivity contribution in [2.45, 2.75) is 31.7 Å². The molecule has 0 aliphatic rings. The molecule has 6 heteroatoms. The summed E-state index contributed by atoms with van der Waals surface area (Å²) in [7, 11) is 0. The van der Waals surface area contributed by atoms with Crippen molar-refractivity contribution >= 4 is 35.2 Å². The number of thioether (sulfide) groups is 1. The first-order chi connectivity index (χ1) is 9.92. The normalized spacial score (nSPS) is 10.5. The minimum Gasteiger partial charge on any atom is -0.352 e. The van der Waals surface area contributed by atoms with E-state index in [9.17, 15) is 9.59 Å². The van der Waals surface area contributed by atoms with Crippen LogP contribution in [0.1, 0.15) is 20.8 Å². The number of likely N-dealkylation sites (N-methyl/N-ethyl adjacent to an activating group) is 1. The number of benzene rings is 1. The summed E-state index contributed by atoms with van der Waals surface area (Å²) in [5.74, 6) is 0.137. The summed E-state index contributed by atoms with van der Waals surface area (Å²) >= 11 is 7.26. The molecule has 0 aliphatic carbocycles. The van der Waals surface area contributed by atoms with Crippen LogP contribution >= 0.6 is 23.4 Å². The molecule has 0 spiro atoms. The van der Waals surface area contributed by atoms with Crippen molar-refractivity contribution in [3.63, 3.8) is 0 Å². The van der Waals surface area contributed by atoms with Gasteiger partial charge < -0.3 is 10.2 Å². The summed E-state index contributed by atoms with van der Waals surface area (Å²) in [5.41, 5.74) is 0. The van der Waals surface area contributed by atoms with Gasteiger partial charge in [0.15, 0.2) is 0 Å². The van der Waals surface area contributed by atoms with E-state index in [1.807, 2.05) is 32.9 Å². The highest BCUT2D eigenvalue weighted by atomic mass is 35.5. The summed E-state index contributed by atoms with van der Waals surface area (Å²) in [6.07, 6.45) is 0. The van der Waals surface area contributed by atoms with Crippen LogP contribution in [0.3, 0.4) is 0 Å². The van der Waals surface area contributed by atoms with Crippen molar-refractivity contribution in [3.8, 4) is 0 Å². The topological polar surface area (TPSA) is 49.4 Å². The first kappa shape index (κ1) is 17.9. The molecule has 0 heterocycles. The van der Waals surface area contributed by atoms with Crippen LogP contribution in [0.5, 0.6) is 0 Å². The van der Waals surface area contributed by atoms with Crippen LogP contribution in [0.2, 0.25) is 5.02 Å². The van der Waals surface area contributed by atoms with Crippen molar-refractivity contribution < 1.29 is 9.59 Å². The maximum Gasteiger partial charge on any atom is 0.239 e. The fourth-order valence-electron chi connectivity index (χ4n) is 1.68. The Morgan fingerprint density at radius 1 is 1.29 bits per heavy atom. The molecule has 116 valence electrons. The van der Waals surface area contributed by atoms with Crippen molar-refractivity contribution in [2.75, 3.05) is 18.8 Å². The number of carbonyl (C=O) groups excluding carboxylic acids is 2. The van der Waals surface area contributed by atoms with Gasteiger partial charge in [-0.3, -0.25) is 9.59 Å². The zero-order valence-electron chi connectivity index (χ0n) is 12.6. The van der Waals surface area contributed by atoms with Gasteiger partial charge in [0, 0.05) is 22.5 Å². The van der Waals surface area contributed by atoms with Crippen LogP contribution in [0.25, 0.3) is 0 Å². The second-order valence-corrected chi connectivity index (χ2v) is 6.36. The van der Waals surface area contributed by atoms with Gasteiger partial charge in [-0.25, -0.2) is 0 Å². The highest BCUT2D eigenvalue weighted by Crippen LogP contribution is 2.20. The van der Waals surface area contributed by atoms with Crippen molar-refractivity contribution in [3.05, 3.63) is 29.3 Å². The second kappa shape index (κ2) is 8.95. The van der Waals surface area contributed by atoms with Crippen LogP contribution in [-0.2, 0) is 9.59 Å². The van der Waals surface area contributed by atoms with E-state index in [1.54, 1.807) is 17.0 Å². The van der Waals surface area contributed by atoms with Crippen molar-refractivity contribution in [1.29, 1.82) is 0 Å². The van der Waals surface area contributed by atoms with Crippen molar-refractivity contribution in [1.82, 2.24) is 10.2 Å². The van der Waals surface area contributed by atoms with E-state index in [0.717, 1.165) is 4.90 Å². The molecule has 1 rings (SSSR count). The average molecular weight is 329 g/mol. The van der Waals surface area contributed by atoms with Gasteiger partial charge in [-0.15, -0.1) is 11.8 Å². The molecule has 0 saturated heterocycles. The summed E-state index contributed by atoms with van der Waals surface area (Å²) in [4.78, 5) is 26.4. The molecular weight excluding hydrogens is 308 g/mol. The Hall–Kier alpha value is -1.20. The molecule has 0 unspecified atom stereocenters. The second-order valence-electron chi connectivity index (χ2n) is 4.87. The Balaban J connectivity index is 2.47. The number of hydrogen-bond donors (Lipinski definition) is 1. The molecule has 0 aliphatic heterocycles. The third-order valence-corrected chi connectivity index (χ3v) is 3.94. The standard InChI is InChI=1S/C15H21ClN2O2S/c1-4-18(9-14(19)17-11(2)3)15(20)10-21-13-7-5-12(16)6-8-13/h5-8,11H,4,9-10H2,1-3H3,(H,17,19). The first-order valence-electron chi connectivity index (χ1n) is 6.88. The van der Waals surface area contributed by atoms with E-state index in [4.69, 9.17) is 11.6 Å². The summed E-state index contributed by atoms with van der Waals surface area (Å²) in [5, 5.41) is 3.46. The Morgan fingerprint density at radius 3 is 2.43 bits per heavy atom. The SMILES string of the molecule is CCN(CC(=O)NC(C)C)C(=O)CSc1ccc(Cl)cc1. The molecule has 1 aromatic rings. The molecule has 0 aromatic heterocycles. The summed E-state index contributed by atoms with van der Waals surface area (Å²) < 4.78 is 0. The van der Waals surface area contributed by atoms with E-state index in [-0.39, 0.29) is 24.4 Å². The molecule has 0 bridgehead atoms.